The molecule has 0 aliphatic heterocycles. The molecule has 2 heterocycles. The maximum absolute atomic E-state index is 11.1. The first-order chi connectivity index (χ1) is 33.7. The Kier molecular flexibility index (Phi) is 18.4. The highest BCUT2D eigenvalue weighted by Crippen LogP contribution is 2.35. The lowest BCUT2D eigenvalue weighted by molar-refractivity contribution is -0.140. The predicted molar refractivity (Wildman–Crippen MR) is 259 cm³/mol. The molecule has 16 heteroatoms. The number of ether oxygens (including phenoxy) is 4. The largest absolute Gasteiger partial charge is 0.489 e. The molecule has 0 saturated heterocycles. The second-order valence-corrected chi connectivity index (χ2v) is 16.9. The predicted octanol–water partition coefficient (Wildman–Crippen LogP) is 7.29. The Morgan fingerprint density at radius 2 is 1.00 bits per heavy atom. The van der Waals surface area contributed by atoms with Crippen molar-refractivity contribution in [3.05, 3.63) is 164 Å². The van der Waals surface area contributed by atoms with Gasteiger partial charge in [0.1, 0.15) is 61.6 Å². The van der Waals surface area contributed by atoms with Gasteiger partial charge < -0.3 is 50.0 Å². The molecule has 0 amide bonds. The maximum Gasteiger partial charge on any atom is 0.306 e. The number of carboxylic acid groups (broad SMARTS) is 2. The van der Waals surface area contributed by atoms with Gasteiger partial charge in [0.2, 0.25) is 0 Å². The van der Waals surface area contributed by atoms with Crippen molar-refractivity contribution in [2.75, 3.05) is 13.1 Å². The highest BCUT2D eigenvalue weighted by molar-refractivity contribution is 5.72. The molecule has 6 rings (SSSR count). The van der Waals surface area contributed by atoms with Gasteiger partial charge in [-0.3, -0.25) is 19.6 Å². The van der Waals surface area contributed by atoms with Crippen LogP contribution < -0.4 is 29.6 Å². The van der Waals surface area contributed by atoms with Crippen LogP contribution in [0.25, 0.3) is 11.1 Å². The molecule has 4 aromatic carbocycles. The summed E-state index contributed by atoms with van der Waals surface area (Å²) in [4.78, 5) is 30.4. The zero-order chi connectivity index (χ0) is 50.2. The van der Waals surface area contributed by atoms with Crippen molar-refractivity contribution in [1.29, 1.82) is 10.5 Å². The number of hydrogen-bond donors (Lipinski definition) is 6. The number of aryl methyl sites for hydroxylation is 2. The van der Waals surface area contributed by atoms with Crippen LogP contribution in [0.5, 0.6) is 23.0 Å². The van der Waals surface area contributed by atoms with Crippen LogP contribution in [0.2, 0.25) is 0 Å². The van der Waals surface area contributed by atoms with E-state index in [1.54, 1.807) is 36.7 Å². The minimum Gasteiger partial charge on any atom is -0.489 e. The molecule has 0 unspecified atom stereocenters. The van der Waals surface area contributed by atoms with Gasteiger partial charge in [0.25, 0.3) is 0 Å². The van der Waals surface area contributed by atoms with Crippen molar-refractivity contribution in [2.24, 2.45) is 0 Å². The second-order valence-electron chi connectivity index (χ2n) is 16.9. The Hall–Kier alpha value is -7.86. The summed E-state index contributed by atoms with van der Waals surface area (Å²) < 4.78 is 25.5. The zero-order valence-corrected chi connectivity index (χ0v) is 39.5. The molecule has 2 atom stereocenters. The summed E-state index contributed by atoms with van der Waals surface area (Å²) in [7, 11) is 0. The number of aliphatic hydroxyl groups is 2. The van der Waals surface area contributed by atoms with Crippen molar-refractivity contribution in [3.8, 4) is 46.3 Å². The molecule has 0 radical (unpaired) electrons. The van der Waals surface area contributed by atoms with E-state index in [4.69, 9.17) is 29.2 Å². The second kappa shape index (κ2) is 25.0. The number of pyridine rings is 2. The van der Waals surface area contributed by atoms with E-state index in [-0.39, 0.29) is 52.4 Å². The van der Waals surface area contributed by atoms with E-state index >= 15 is 0 Å². The summed E-state index contributed by atoms with van der Waals surface area (Å²) >= 11 is 0. The number of nitrogens with one attached hydrogen (secondary N) is 2. The molecule has 0 aliphatic rings. The van der Waals surface area contributed by atoms with Crippen LogP contribution >= 0.6 is 0 Å². The standard InChI is InChI=1S/C54H56N6O10/c1-33-11-45(17-51(49(33)27-59-25-43(61)15-53(63)64)69-29-39-13-37(19-55)21-57-23-39)67-31-41-7-5-9-47(35(41)3)48-10-6-8-42(36(48)4)32-68-46-12-34(2)50(28-60-26-44(62)16-54(65)66)52(18-46)70-30-40-14-38(20-56)22-58-24-40/h5-14,17-18,21-24,43-44,59-62H,15-16,25-32H2,1-4H3,(H,63,64)(H,65,66)/t43-,44-/m0/s1. The summed E-state index contributed by atoms with van der Waals surface area (Å²) in [5, 5.41) is 63.4. The van der Waals surface area contributed by atoms with Crippen LogP contribution in [0.3, 0.4) is 0 Å². The monoisotopic (exact) mass is 948 g/mol. The van der Waals surface area contributed by atoms with Gasteiger partial charge in [-0.05, 0) is 96.5 Å². The van der Waals surface area contributed by atoms with E-state index in [0.717, 1.165) is 55.6 Å². The fourth-order valence-corrected chi connectivity index (χ4v) is 7.82. The SMILES string of the molecule is Cc1cc(OCc2cccc(-c3cccc(COc4cc(C)c(CNC[C@@H](O)CC(=O)O)c(OCc5cncc(C#N)c5)c4)c3C)c2C)cc(OCc2cncc(C#N)c2)c1CNC[C@@H](O)CC(=O)O. The maximum atomic E-state index is 11.1. The molecular weight excluding hydrogens is 893 g/mol. The first kappa shape index (κ1) is 51.5. The molecule has 6 aromatic rings. The third-order valence-corrected chi connectivity index (χ3v) is 11.6. The number of nitrogens with zero attached hydrogens (tertiary/aromatic N) is 4. The van der Waals surface area contributed by atoms with Crippen molar-refractivity contribution in [1.82, 2.24) is 20.6 Å². The number of carbonyl (C=O) groups is 2. The van der Waals surface area contributed by atoms with E-state index < -0.39 is 24.1 Å². The number of aromatic nitrogens is 2. The highest BCUT2D eigenvalue weighted by atomic mass is 16.5. The first-order valence-corrected chi connectivity index (χ1v) is 22.6. The van der Waals surface area contributed by atoms with Crippen molar-refractivity contribution < 1.29 is 49.0 Å². The van der Waals surface area contributed by atoms with Crippen LogP contribution in [-0.4, -0.2) is 67.6 Å². The van der Waals surface area contributed by atoms with E-state index in [9.17, 15) is 30.3 Å². The van der Waals surface area contributed by atoms with Gasteiger partial charge in [-0.25, -0.2) is 0 Å². The van der Waals surface area contributed by atoms with Crippen molar-refractivity contribution >= 4 is 11.9 Å². The van der Waals surface area contributed by atoms with Gasteiger partial charge in [0, 0.05) is 85.4 Å². The Morgan fingerprint density at radius 1 is 0.586 bits per heavy atom. The van der Waals surface area contributed by atoms with Crippen LogP contribution in [0.4, 0.5) is 0 Å². The quantitative estimate of drug-likeness (QED) is 0.0330. The first-order valence-electron chi connectivity index (χ1n) is 22.6. The lowest BCUT2D eigenvalue weighted by atomic mass is 9.92. The lowest BCUT2D eigenvalue weighted by Crippen LogP contribution is -2.28. The van der Waals surface area contributed by atoms with Crippen LogP contribution in [0.15, 0.2) is 97.6 Å². The smallest absolute Gasteiger partial charge is 0.306 e. The highest BCUT2D eigenvalue weighted by Gasteiger charge is 2.18. The minimum atomic E-state index is -1.09. The molecule has 0 aliphatic carbocycles. The third-order valence-electron chi connectivity index (χ3n) is 11.6. The molecule has 0 spiro atoms. The number of hydrogen-bond acceptors (Lipinski definition) is 14. The summed E-state index contributed by atoms with van der Waals surface area (Å²) in [5.74, 6) is 0.00624. The van der Waals surface area contributed by atoms with E-state index in [0.29, 0.717) is 58.3 Å². The van der Waals surface area contributed by atoms with Gasteiger partial charge in [0.05, 0.1) is 36.2 Å². The number of nitriles is 2. The average molecular weight is 949 g/mol. The number of carboxylic acids is 2. The van der Waals surface area contributed by atoms with Crippen LogP contribution in [0.1, 0.15) is 79.6 Å². The third kappa shape index (κ3) is 14.6. The van der Waals surface area contributed by atoms with Gasteiger partial charge in [-0.2, -0.15) is 10.5 Å². The van der Waals surface area contributed by atoms with Crippen molar-refractivity contribution in [3.63, 3.8) is 0 Å². The Bertz CT molecular complexity index is 2700. The van der Waals surface area contributed by atoms with Gasteiger partial charge in [-0.15, -0.1) is 0 Å². The molecule has 16 nitrogen and oxygen atoms in total. The fraction of sp³-hybridized carbons (Fsp3) is 0.296. The van der Waals surface area contributed by atoms with Crippen LogP contribution in [-0.2, 0) is 49.1 Å². The van der Waals surface area contributed by atoms with E-state index in [1.807, 2.05) is 50.2 Å². The number of benzene rings is 4. The van der Waals surface area contributed by atoms with E-state index in [2.05, 4.69) is 58.7 Å². The number of rotatable bonds is 25. The number of aliphatic hydroxyl groups excluding tert-OH is 2. The zero-order valence-electron chi connectivity index (χ0n) is 39.5. The fourth-order valence-electron chi connectivity index (χ4n) is 7.82. The number of aliphatic carboxylic acids is 2. The van der Waals surface area contributed by atoms with Gasteiger partial charge in [-0.1, -0.05) is 36.4 Å². The van der Waals surface area contributed by atoms with Crippen molar-refractivity contribution in [2.45, 2.75) is 92.3 Å². The Morgan fingerprint density at radius 3 is 1.39 bits per heavy atom. The Balaban J connectivity index is 1.18. The van der Waals surface area contributed by atoms with Gasteiger partial charge in [0.15, 0.2) is 0 Å². The Labute approximate surface area is 406 Å². The minimum absolute atomic E-state index is 0.0691. The molecule has 6 N–H and O–H groups in total. The average Bonchev–Trinajstić information content (AvgIpc) is 3.33. The summed E-state index contributed by atoms with van der Waals surface area (Å²) in [6, 6.07) is 27.2. The molecule has 362 valence electrons. The summed E-state index contributed by atoms with van der Waals surface area (Å²) in [6.07, 6.45) is 3.33. The lowest BCUT2D eigenvalue weighted by Gasteiger charge is -2.19. The molecule has 0 bridgehead atoms. The molecule has 70 heavy (non-hydrogen) atoms. The summed E-state index contributed by atoms with van der Waals surface area (Å²) in [5.41, 5.74) is 11.6. The molecule has 0 saturated carbocycles. The summed E-state index contributed by atoms with van der Waals surface area (Å²) in [6.45, 7) is 9.48. The molecule has 0 fully saturated rings. The normalized spacial score (nSPS) is 11.8. The van der Waals surface area contributed by atoms with Crippen LogP contribution in [0, 0.1) is 50.4 Å². The topological polar surface area (TPSA) is 249 Å². The molecule has 2 aromatic heterocycles. The molecular formula is C54H56N6O10. The van der Waals surface area contributed by atoms with E-state index in [1.165, 1.54) is 12.4 Å². The van der Waals surface area contributed by atoms with Gasteiger partial charge >= 0.3 is 11.9 Å².